The standard InChI is InChI=1S/C31H33NO10S/c1-20-6-12-23(13-7-20)29(33)39-19-27(42-43(5,36)37)28(41-31(35)25-16-10-22(3)11-17-25)26(18-32-38-4)40-30(34)24-14-8-21(2)9-15-24/h6-18,26-28H,19H2,1-5H3/b32-18+/t26-,27-,28+/m1/s1. The van der Waals surface area contributed by atoms with Gasteiger partial charge in [0.2, 0.25) is 0 Å². The average Bonchev–Trinajstić information content (AvgIpc) is 2.96. The third kappa shape index (κ3) is 10.3. The Labute approximate surface area is 250 Å². The number of ether oxygens (including phenoxy) is 3. The van der Waals surface area contributed by atoms with E-state index in [9.17, 15) is 22.8 Å². The Hall–Kier alpha value is -4.55. The molecule has 12 heteroatoms. The first kappa shape index (κ1) is 33.0. The lowest BCUT2D eigenvalue weighted by Crippen LogP contribution is -2.48. The molecule has 228 valence electrons. The average molecular weight is 612 g/mol. The predicted octanol–water partition coefficient (Wildman–Crippen LogP) is 4.20. The molecule has 0 aromatic heterocycles. The van der Waals surface area contributed by atoms with Gasteiger partial charge in [-0.25, -0.2) is 14.4 Å². The second-order valence-electron chi connectivity index (χ2n) is 9.71. The smallest absolute Gasteiger partial charge is 0.338 e. The van der Waals surface area contributed by atoms with Crippen molar-refractivity contribution in [1.29, 1.82) is 0 Å². The molecule has 43 heavy (non-hydrogen) atoms. The van der Waals surface area contributed by atoms with E-state index in [1.807, 2.05) is 20.8 Å². The van der Waals surface area contributed by atoms with Gasteiger partial charge in [-0.15, -0.1) is 0 Å². The lowest BCUT2D eigenvalue weighted by atomic mass is 10.1. The highest BCUT2D eigenvalue weighted by atomic mass is 32.2. The number of benzene rings is 3. The van der Waals surface area contributed by atoms with Crippen molar-refractivity contribution >= 4 is 34.2 Å². The van der Waals surface area contributed by atoms with Gasteiger partial charge < -0.3 is 19.0 Å². The van der Waals surface area contributed by atoms with Gasteiger partial charge in [0.25, 0.3) is 10.1 Å². The maximum Gasteiger partial charge on any atom is 0.338 e. The van der Waals surface area contributed by atoms with Crippen LogP contribution in [-0.2, 0) is 33.3 Å². The quantitative estimate of drug-likeness (QED) is 0.0907. The molecule has 0 saturated heterocycles. The summed E-state index contributed by atoms with van der Waals surface area (Å²) in [6, 6.07) is 19.3. The molecule has 0 aliphatic heterocycles. The van der Waals surface area contributed by atoms with Crippen LogP contribution >= 0.6 is 0 Å². The van der Waals surface area contributed by atoms with E-state index in [4.69, 9.17) is 23.2 Å². The minimum Gasteiger partial charge on any atom is -0.459 e. The van der Waals surface area contributed by atoms with Gasteiger partial charge >= 0.3 is 17.9 Å². The number of hydrogen-bond donors (Lipinski definition) is 0. The summed E-state index contributed by atoms with van der Waals surface area (Å²) in [4.78, 5) is 43.9. The summed E-state index contributed by atoms with van der Waals surface area (Å²) in [5, 5.41) is 3.67. The van der Waals surface area contributed by atoms with Gasteiger partial charge in [0.1, 0.15) is 13.7 Å². The minimum atomic E-state index is -4.23. The van der Waals surface area contributed by atoms with Gasteiger partial charge in [0.15, 0.2) is 18.3 Å². The Bertz CT molecular complexity index is 1530. The summed E-state index contributed by atoms with van der Waals surface area (Å²) in [7, 11) is -3.00. The zero-order valence-electron chi connectivity index (χ0n) is 24.4. The molecule has 0 radical (unpaired) electrons. The van der Waals surface area contributed by atoms with Crippen LogP contribution in [0.1, 0.15) is 47.8 Å². The van der Waals surface area contributed by atoms with Crippen LogP contribution in [0.3, 0.4) is 0 Å². The molecule has 0 heterocycles. The number of oxime groups is 1. The van der Waals surface area contributed by atoms with Crippen molar-refractivity contribution in [1.82, 2.24) is 0 Å². The SMILES string of the molecule is CO/N=C/[C@@H](OC(=O)c1ccc(C)cc1)[C@H](OC(=O)c1ccc(C)cc1)[C@@H](COC(=O)c1ccc(C)cc1)OS(C)(=O)=O. The summed E-state index contributed by atoms with van der Waals surface area (Å²) in [5.74, 6) is -2.51. The zero-order valence-corrected chi connectivity index (χ0v) is 25.2. The van der Waals surface area contributed by atoms with E-state index in [1.54, 1.807) is 36.4 Å². The first-order valence-corrected chi connectivity index (χ1v) is 14.9. The maximum atomic E-state index is 13.2. The van der Waals surface area contributed by atoms with Crippen LogP contribution in [0, 0.1) is 20.8 Å². The van der Waals surface area contributed by atoms with Gasteiger partial charge in [-0.3, -0.25) is 4.18 Å². The Morgan fingerprint density at radius 2 is 1.14 bits per heavy atom. The molecule has 0 unspecified atom stereocenters. The molecule has 0 N–H and O–H groups in total. The van der Waals surface area contributed by atoms with Gasteiger partial charge in [-0.1, -0.05) is 58.2 Å². The van der Waals surface area contributed by atoms with E-state index in [-0.39, 0.29) is 16.7 Å². The molecule has 0 amide bonds. The fourth-order valence-electron chi connectivity index (χ4n) is 3.75. The molecule has 0 aliphatic carbocycles. The van der Waals surface area contributed by atoms with Crippen molar-refractivity contribution in [3.05, 3.63) is 106 Å². The van der Waals surface area contributed by atoms with E-state index in [1.165, 1.54) is 43.5 Å². The van der Waals surface area contributed by atoms with Crippen LogP contribution < -0.4 is 0 Å². The van der Waals surface area contributed by atoms with Gasteiger partial charge in [-0.2, -0.15) is 8.42 Å². The van der Waals surface area contributed by atoms with Gasteiger partial charge in [0.05, 0.1) is 29.2 Å². The van der Waals surface area contributed by atoms with Crippen LogP contribution in [0.2, 0.25) is 0 Å². The summed E-state index contributed by atoms with van der Waals surface area (Å²) in [5.41, 5.74) is 3.17. The van der Waals surface area contributed by atoms with Crippen LogP contribution in [0.25, 0.3) is 0 Å². The van der Waals surface area contributed by atoms with E-state index >= 15 is 0 Å². The normalized spacial score (nSPS) is 13.5. The number of esters is 3. The molecule has 3 aromatic carbocycles. The maximum absolute atomic E-state index is 13.2. The van der Waals surface area contributed by atoms with Crippen molar-refractivity contribution in [2.45, 2.75) is 39.1 Å². The molecule has 3 aromatic rings. The topological polar surface area (TPSA) is 144 Å². The van der Waals surface area contributed by atoms with Crippen LogP contribution in [0.5, 0.6) is 0 Å². The molecular weight excluding hydrogens is 578 g/mol. The summed E-state index contributed by atoms with van der Waals surface area (Å²) >= 11 is 0. The third-order valence-corrected chi connectivity index (χ3v) is 6.63. The minimum absolute atomic E-state index is 0.123. The van der Waals surface area contributed by atoms with Crippen molar-refractivity contribution in [2.75, 3.05) is 20.0 Å². The second kappa shape index (κ2) is 15.1. The number of carbonyl (C=O) groups excluding carboxylic acids is 3. The molecule has 3 atom stereocenters. The Morgan fingerprint density at radius 3 is 1.56 bits per heavy atom. The first-order chi connectivity index (χ1) is 20.4. The predicted molar refractivity (Wildman–Crippen MR) is 157 cm³/mol. The van der Waals surface area contributed by atoms with Crippen molar-refractivity contribution < 1.29 is 46.0 Å². The molecule has 0 bridgehead atoms. The Balaban J connectivity index is 2.01. The highest BCUT2D eigenvalue weighted by Crippen LogP contribution is 2.20. The molecule has 11 nitrogen and oxygen atoms in total. The van der Waals surface area contributed by atoms with Crippen molar-refractivity contribution in [3.8, 4) is 0 Å². The fraction of sp³-hybridized carbons (Fsp3) is 0.290. The Morgan fingerprint density at radius 1 is 0.721 bits per heavy atom. The molecule has 3 rings (SSSR count). The largest absolute Gasteiger partial charge is 0.459 e. The Kier molecular flexibility index (Phi) is 11.6. The molecule has 0 aliphatic rings. The summed E-state index contributed by atoms with van der Waals surface area (Å²) < 4.78 is 46.6. The number of carbonyl (C=O) groups is 3. The summed E-state index contributed by atoms with van der Waals surface area (Å²) in [6.45, 7) is 4.82. The van der Waals surface area contributed by atoms with E-state index < -0.39 is 52.9 Å². The lowest BCUT2D eigenvalue weighted by Gasteiger charge is -2.30. The van der Waals surface area contributed by atoms with Crippen LogP contribution in [0.4, 0.5) is 0 Å². The number of hydrogen-bond acceptors (Lipinski definition) is 11. The fourth-order valence-corrected chi connectivity index (χ4v) is 4.37. The van der Waals surface area contributed by atoms with Crippen LogP contribution in [0.15, 0.2) is 78.0 Å². The molecule has 0 saturated carbocycles. The summed E-state index contributed by atoms with van der Waals surface area (Å²) in [6.07, 6.45) is -3.11. The zero-order chi connectivity index (χ0) is 31.6. The first-order valence-electron chi connectivity index (χ1n) is 13.1. The van der Waals surface area contributed by atoms with Crippen LogP contribution in [-0.4, -0.2) is 70.8 Å². The van der Waals surface area contributed by atoms with E-state index in [2.05, 4.69) is 5.16 Å². The van der Waals surface area contributed by atoms with Gasteiger partial charge in [0, 0.05) is 0 Å². The number of aryl methyl sites for hydroxylation is 3. The van der Waals surface area contributed by atoms with Crippen molar-refractivity contribution in [3.63, 3.8) is 0 Å². The molecular formula is C31H33NO10S. The van der Waals surface area contributed by atoms with E-state index in [0.29, 0.717) is 0 Å². The highest BCUT2D eigenvalue weighted by molar-refractivity contribution is 7.86. The number of nitrogens with zero attached hydrogens (tertiary/aromatic N) is 1. The second-order valence-corrected chi connectivity index (χ2v) is 11.3. The highest BCUT2D eigenvalue weighted by Gasteiger charge is 2.39. The number of rotatable bonds is 13. The van der Waals surface area contributed by atoms with E-state index in [0.717, 1.165) is 29.2 Å². The monoisotopic (exact) mass is 611 g/mol. The molecule has 0 spiro atoms. The van der Waals surface area contributed by atoms with Gasteiger partial charge in [-0.05, 0) is 57.2 Å². The lowest BCUT2D eigenvalue weighted by molar-refractivity contribution is -0.0683. The third-order valence-electron chi connectivity index (χ3n) is 6.03. The van der Waals surface area contributed by atoms with Crippen molar-refractivity contribution in [2.24, 2.45) is 5.16 Å². The molecule has 0 fully saturated rings.